The van der Waals surface area contributed by atoms with E-state index in [1.54, 1.807) is 6.20 Å². The standard InChI is InChI=1S/C28H32N4O4.Na.H/c1-20-14-16-30-25(17-20)29-15-6-5-9-26(33)31-19-27(34)32-24(18-28(35)36)23-12-10-22(11-13-23)21-7-3-2-4-8-21;;/h2-4,7-8,10-14,16-17,24H,5-6,9,15,18-19H2,1H3,(H,29,30)(H,31,33)(H,32,34)(H,35,36);;/q;+1;-1. The number of carboxylic acids is 1. The van der Waals surface area contributed by atoms with Gasteiger partial charge in [0.05, 0.1) is 19.0 Å². The molecule has 0 saturated carbocycles. The molecule has 0 spiro atoms. The van der Waals surface area contributed by atoms with Gasteiger partial charge in [-0.15, -0.1) is 0 Å². The summed E-state index contributed by atoms with van der Waals surface area (Å²) >= 11 is 0. The molecule has 3 rings (SSSR count). The van der Waals surface area contributed by atoms with Gasteiger partial charge in [-0.25, -0.2) is 4.98 Å². The number of aromatic nitrogens is 1. The first-order chi connectivity index (χ1) is 17.4. The van der Waals surface area contributed by atoms with Gasteiger partial charge >= 0.3 is 35.5 Å². The summed E-state index contributed by atoms with van der Waals surface area (Å²) in [7, 11) is 0. The molecule has 0 radical (unpaired) electrons. The minimum atomic E-state index is -1.02. The van der Waals surface area contributed by atoms with E-state index in [1.807, 2.05) is 73.7 Å². The Kier molecular flexibility index (Phi) is 12.8. The number of nitrogens with one attached hydrogen (secondary N) is 3. The van der Waals surface area contributed by atoms with Crippen molar-refractivity contribution in [2.24, 2.45) is 0 Å². The molecule has 0 aliphatic carbocycles. The fraction of sp³-hybridized carbons (Fsp3) is 0.286. The maximum atomic E-state index is 12.4. The Morgan fingerprint density at radius 3 is 2.32 bits per heavy atom. The Morgan fingerprint density at radius 1 is 0.946 bits per heavy atom. The largest absolute Gasteiger partial charge is 1.00 e. The number of benzene rings is 2. The third kappa shape index (κ3) is 10.8. The minimum Gasteiger partial charge on any atom is -1.00 e. The van der Waals surface area contributed by atoms with Crippen molar-refractivity contribution in [1.82, 2.24) is 15.6 Å². The van der Waals surface area contributed by atoms with Crippen molar-refractivity contribution in [3.8, 4) is 11.1 Å². The Morgan fingerprint density at radius 2 is 1.65 bits per heavy atom. The summed E-state index contributed by atoms with van der Waals surface area (Å²) in [6.07, 6.45) is 3.25. The van der Waals surface area contributed by atoms with Crippen molar-refractivity contribution in [3.63, 3.8) is 0 Å². The molecule has 3 aromatic rings. The van der Waals surface area contributed by atoms with E-state index in [4.69, 9.17) is 0 Å². The third-order valence-corrected chi connectivity index (χ3v) is 5.63. The molecule has 8 nitrogen and oxygen atoms in total. The SMILES string of the molecule is Cc1ccnc(NCCCCC(=O)NCC(=O)NC(CC(=O)O)c2ccc(-c3ccccc3)cc2)c1.[H-].[Na+]. The van der Waals surface area contributed by atoms with Gasteiger partial charge in [-0.3, -0.25) is 14.4 Å². The summed E-state index contributed by atoms with van der Waals surface area (Å²) in [5.41, 5.74) is 3.86. The molecule has 1 aromatic heterocycles. The summed E-state index contributed by atoms with van der Waals surface area (Å²) < 4.78 is 0. The van der Waals surface area contributed by atoms with Gasteiger partial charge in [0.15, 0.2) is 0 Å². The number of carboxylic acid groups (broad SMARTS) is 1. The van der Waals surface area contributed by atoms with Crippen LogP contribution >= 0.6 is 0 Å². The molecule has 1 atom stereocenters. The Bertz CT molecular complexity index is 1160. The first-order valence-corrected chi connectivity index (χ1v) is 12.0. The predicted molar refractivity (Wildman–Crippen MR) is 140 cm³/mol. The van der Waals surface area contributed by atoms with Gasteiger partial charge in [-0.2, -0.15) is 0 Å². The molecule has 2 amide bonds. The number of hydrogen-bond acceptors (Lipinski definition) is 5. The molecule has 0 saturated heterocycles. The number of carbonyl (C=O) groups excluding carboxylic acids is 2. The van der Waals surface area contributed by atoms with Crippen LogP contribution in [0.3, 0.4) is 0 Å². The van der Waals surface area contributed by atoms with E-state index in [-0.39, 0.29) is 49.9 Å². The maximum absolute atomic E-state index is 12.4. The number of hydrogen-bond donors (Lipinski definition) is 4. The van der Waals surface area contributed by atoms with E-state index in [2.05, 4.69) is 20.9 Å². The van der Waals surface area contributed by atoms with Crippen molar-refractivity contribution in [2.45, 2.75) is 38.6 Å². The quantitative estimate of drug-likeness (QED) is 0.202. The number of pyridine rings is 1. The number of aryl methyl sites for hydroxylation is 1. The molecule has 190 valence electrons. The van der Waals surface area contributed by atoms with E-state index in [0.29, 0.717) is 24.9 Å². The van der Waals surface area contributed by atoms with E-state index < -0.39 is 17.9 Å². The number of rotatable bonds is 13. The zero-order valence-electron chi connectivity index (χ0n) is 22.4. The van der Waals surface area contributed by atoms with Crippen LogP contribution in [0.2, 0.25) is 0 Å². The van der Waals surface area contributed by atoms with Crippen molar-refractivity contribution in [2.75, 3.05) is 18.4 Å². The third-order valence-electron chi connectivity index (χ3n) is 5.63. The second-order valence-corrected chi connectivity index (χ2v) is 8.59. The van der Waals surface area contributed by atoms with Crippen LogP contribution in [-0.2, 0) is 14.4 Å². The van der Waals surface area contributed by atoms with Crippen LogP contribution in [0.15, 0.2) is 72.9 Å². The van der Waals surface area contributed by atoms with Gasteiger partial charge < -0.3 is 22.5 Å². The molecule has 0 bridgehead atoms. The van der Waals surface area contributed by atoms with Crippen LogP contribution in [0.5, 0.6) is 0 Å². The second-order valence-electron chi connectivity index (χ2n) is 8.59. The van der Waals surface area contributed by atoms with Crippen molar-refractivity contribution in [1.29, 1.82) is 0 Å². The smallest absolute Gasteiger partial charge is 1.00 e. The molecular formula is C28H33N4NaO4. The average molecular weight is 513 g/mol. The topological polar surface area (TPSA) is 120 Å². The van der Waals surface area contributed by atoms with Crippen molar-refractivity contribution >= 4 is 23.6 Å². The zero-order valence-corrected chi connectivity index (χ0v) is 23.4. The zero-order chi connectivity index (χ0) is 25.8. The predicted octanol–water partition coefficient (Wildman–Crippen LogP) is 1.20. The average Bonchev–Trinajstić information content (AvgIpc) is 2.87. The Balaban J connectivity index is 0.00000361. The van der Waals surface area contributed by atoms with E-state index in [9.17, 15) is 19.5 Å². The molecule has 4 N–H and O–H groups in total. The Hall–Kier alpha value is -3.20. The molecule has 0 aliphatic heterocycles. The fourth-order valence-corrected chi connectivity index (χ4v) is 3.74. The minimum absolute atomic E-state index is 0. The van der Waals surface area contributed by atoms with Gasteiger partial charge in [-0.05, 0) is 54.2 Å². The molecular weight excluding hydrogens is 479 g/mol. The summed E-state index contributed by atoms with van der Waals surface area (Å²) in [6.45, 7) is 2.49. The summed E-state index contributed by atoms with van der Waals surface area (Å²) in [5, 5.41) is 17.9. The number of unbranched alkanes of at least 4 members (excludes halogenated alkanes) is 1. The van der Waals surface area contributed by atoms with Crippen LogP contribution in [0.4, 0.5) is 5.82 Å². The molecule has 9 heteroatoms. The number of anilines is 1. The number of nitrogens with zero attached hydrogens (tertiary/aromatic N) is 1. The summed E-state index contributed by atoms with van der Waals surface area (Å²) in [4.78, 5) is 40.1. The van der Waals surface area contributed by atoms with Gasteiger partial charge in [0.1, 0.15) is 5.82 Å². The van der Waals surface area contributed by atoms with Crippen molar-refractivity contribution in [3.05, 3.63) is 84.1 Å². The molecule has 1 heterocycles. The van der Waals surface area contributed by atoms with Crippen LogP contribution in [-0.4, -0.2) is 41.0 Å². The molecule has 37 heavy (non-hydrogen) atoms. The first kappa shape index (κ1) is 30.0. The van der Waals surface area contributed by atoms with Crippen LogP contribution in [0.1, 0.15) is 44.3 Å². The molecule has 2 aromatic carbocycles. The molecule has 0 fully saturated rings. The van der Waals surface area contributed by atoms with Crippen LogP contribution in [0, 0.1) is 6.92 Å². The Labute approximate surface area is 241 Å². The summed E-state index contributed by atoms with van der Waals surface area (Å²) in [6, 6.07) is 20.4. The van der Waals surface area contributed by atoms with Gasteiger partial charge in [0, 0.05) is 19.2 Å². The van der Waals surface area contributed by atoms with Gasteiger partial charge in [0.25, 0.3) is 0 Å². The normalized spacial score (nSPS) is 11.1. The van der Waals surface area contributed by atoms with Gasteiger partial charge in [-0.1, -0.05) is 54.6 Å². The number of carbonyl (C=O) groups is 3. The van der Waals surface area contributed by atoms with Crippen LogP contribution in [0.25, 0.3) is 11.1 Å². The second kappa shape index (κ2) is 15.8. The van der Waals surface area contributed by atoms with Crippen LogP contribution < -0.4 is 45.5 Å². The maximum Gasteiger partial charge on any atom is 1.00 e. The number of aliphatic carboxylic acids is 1. The fourth-order valence-electron chi connectivity index (χ4n) is 3.74. The molecule has 0 aliphatic rings. The summed E-state index contributed by atoms with van der Waals surface area (Å²) in [5.74, 6) is -0.873. The monoisotopic (exact) mass is 512 g/mol. The van der Waals surface area contributed by atoms with E-state index in [1.165, 1.54) is 0 Å². The van der Waals surface area contributed by atoms with E-state index >= 15 is 0 Å². The van der Waals surface area contributed by atoms with Gasteiger partial charge in [0.2, 0.25) is 11.8 Å². The first-order valence-electron chi connectivity index (χ1n) is 12.0. The van der Waals surface area contributed by atoms with Crippen molar-refractivity contribution < 1.29 is 50.5 Å². The number of amides is 2. The van der Waals surface area contributed by atoms with E-state index in [0.717, 1.165) is 28.9 Å². The molecule has 1 unspecified atom stereocenters.